The Bertz CT molecular complexity index is 2130. The van der Waals surface area contributed by atoms with E-state index in [9.17, 15) is 0 Å². The SMILES string of the molecule is CC1(C)c2cc(-c3nc(-c4ccccc4)nc(-c4ccc(-c5ccccc5)cc4)n3)ccc2-c2cc3ccccc3cc21. The summed E-state index contributed by atoms with van der Waals surface area (Å²) in [6, 6.07) is 49.0. The molecule has 0 saturated heterocycles. The van der Waals surface area contributed by atoms with Gasteiger partial charge in [0.2, 0.25) is 0 Å². The molecule has 3 heteroatoms. The average molecular weight is 552 g/mol. The van der Waals surface area contributed by atoms with Gasteiger partial charge in [-0.2, -0.15) is 0 Å². The first-order chi connectivity index (χ1) is 21.0. The van der Waals surface area contributed by atoms with Crippen molar-refractivity contribution in [3.8, 4) is 56.4 Å². The van der Waals surface area contributed by atoms with Gasteiger partial charge < -0.3 is 0 Å². The molecule has 8 rings (SSSR count). The van der Waals surface area contributed by atoms with Crippen molar-refractivity contribution in [3.63, 3.8) is 0 Å². The minimum Gasteiger partial charge on any atom is -0.208 e. The van der Waals surface area contributed by atoms with E-state index in [-0.39, 0.29) is 5.41 Å². The molecule has 0 saturated carbocycles. The summed E-state index contributed by atoms with van der Waals surface area (Å²) in [4.78, 5) is 15.0. The first kappa shape index (κ1) is 25.3. The lowest BCUT2D eigenvalue weighted by Gasteiger charge is -2.22. The van der Waals surface area contributed by atoms with Crippen molar-refractivity contribution in [1.29, 1.82) is 0 Å². The van der Waals surface area contributed by atoms with Crippen LogP contribution in [0.3, 0.4) is 0 Å². The van der Waals surface area contributed by atoms with Gasteiger partial charge in [0.25, 0.3) is 0 Å². The maximum atomic E-state index is 5.05. The van der Waals surface area contributed by atoms with Gasteiger partial charge in [0.15, 0.2) is 17.5 Å². The van der Waals surface area contributed by atoms with E-state index < -0.39 is 0 Å². The predicted molar refractivity (Wildman–Crippen MR) is 177 cm³/mol. The quantitative estimate of drug-likeness (QED) is 0.218. The van der Waals surface area contributed by atoms with E-state index in [1.165, 1.54) is 38.6 Å². The molecule has 1 aliphatic rings. The normalized spacial score (nSPS) is 13.1. The highest BCUT2D eigenvalue weighted by atomic mass is 15.0. The number of hydrogen-bond acceptors (Lipinski definition) is 3. The van der Waals surface area contributed by atoms with Crippen LogP contribution in [0.5, 0.6) is 0 Å². The lowest BCUT2D eigenvalue weighted by atomic mass is 9.81. The van der Waals surface area contributed by atoms with Crippen LogP contribution in [0.2, 0.25) is 0 Å². The Balaban J connectivity index is 1.25. The molecule has 0 bridgehead atoms. The third-order valence-corrected chi connectivity index (χ3v) is 8.72. The minimum absolute atomic E-state index is 0.143. The highest BCUT2D eigenvalue weighted by Crippen LogP contribution is 2.50. The molecular formula is C40H29N3. The fraction of sp³-hybridized carbons (Fsp3) is 0.0750. The van der Waals surface area contributed by atoms with Crippen LogP contribution in [0.25, 0.3) is 67.2 Å². The number of aromatic nitrogens is 3. The van der Waals surface area contributed by atoms with E-state index in [1.54, 1.807) is 0 Å². The molecule has 0 amide bonds. The van der Waals surface area contributed by atoms with Crippen molar-refractivity contribution in [2.24, 2.45) is 0 Å². The summed E-state index contributed by atoms with van der Waals surface area (Å²) in [7, 11) is 0. The molecule has 0 atom stereocenters. The zero-order valence-corrected chi connectivity index (χ0v) is 24.1. The summed E-state index contributed by atoms with van der Waals surface area (Å²) in [5.41, 5.74) is 10.4. The van der Waals surface area contributed by atoms with E-state index in [4.69, 9.17) is 15.0 Å². The maximum absolute atomic E-state index is 5.05. The highest BCUT2D eigenvalue weighted by molar-refractivity contribution is 5.94. The summed E-state index contributed by atoms with van der Waals surface area (Å²) >= 11 is 0. The van der Waals surface area contributed by atoms with Gasteiger partial charge in [-0.1, -0.05) is 135 Å². The van der Waals surface area contributed by atoms with Crippen molar-refractivity contribution in [1.82, 2.24) is 15.0 Å². The van der Waals surface area contributed by atoms with Crippen LogP contribution in [0, 0.1) is 0 Å². The molecule has 0 N–H and O–H groups in total. The van der Waals surface area contributed by atoms with Crippen LogP contribution in [0.1, 0.15) is 25.0 Å². The van der Waals surface area contributed by atoms with Crippen molar-refractivity contribution in [2.45, 2.75) is 19.3 Å². The van der Waals surface area contributed by atoms with E-state index in [0.717, 1.165) is 22.3 Å². The Hall–Kier alpha value is -5.41. The van der Waals surface area contributed by atoms with Crippen molar-refractivity contribution in [3.05, 3.63) is 151 Å². The Morgan fingerprint density at radius 3 is 1.47 bits per heavy atom. The second-order valence-corrected chi connectivity index (χ2v) is 11.7. The molecule has 1 aromatic heterocycles. The third kappa shape index (κ3) is 4.33. The number of rotatable bonds is 4. The van der Waals surface area contributed by atoms with Crippen LogP contribution in [0.15, 0.2) is 140 Å². The molecule has 1 aliphatic carbocycles. The van der Waals surface area contributed by atoms with Crippen molar-refractivity contribution >= 4 is 10.8 Å². The van der Waals surface area contributed by atoms with Crippen LogP contribution in [-0.4, -0.2) is 15.0 Å². The zero-order chi connectivity index (χ0) is 29.0. The standard InChI is InChI=1S/C40H29N3/c1-40(2)35-25-32(21-22-33(35)34-23-30-15-9-10-16-31(30)24-36(34)40)39-42-37(28-13-7-4-8-14-28)41-38(43-39)29-19-17-27(18-20-29)26-11-5-3-6-12-26/h3-25H,1-2H3. The topological polar surface area (TPSA) is 38.7 Å². The van der Waals surface area contributed by atoms with Gasteiger partial charge in [-0.3, -0.25) is 0 Å². The molecule has 204 valence electrons. The van der Waals surface area contributed by atoms with Crippen molar-refractivity contribution in [2.75, 3.05) is 0 Å². The summed E-state index contributed by atoms with van der Waals surface area (Å²) in [6.07, 6.45) is 0. The second-order valence-electron chi connectivity index (χ2n) is 11.7. The highest BCUT2D eigenvalue weighted by Gasteiger charge is 2.36. The molecular weight excluding hydrogens is 522 g/mol. The molecule has 0 spiro atoms. The fourth-order valence-corrected chi connectivity index (χ4v) is 6.35. The fourth-order valence-electron chi connectivity index (χ4n) is 6.35. The monoisotopic (exact) mass is 551 g/mol. The molecule has 0 unspecified atom stereocenters. The maximum Gasteiger partial charge on any atom is 0.164 e. The predicted octanol–water partition coefficient (Wildman–Crippen LogP) is 10.00. The Morgan fingerprint density at radius 2 is 0.814 bits per heavy atom. The first-order valence-corrected chi connectivity index (χ1v) is 14.7. The van der Waals surface area contributed by atoms with Gasteiger partial charge in [0.05, 0.1) is 0 Å². The average Bonchev–Trinajstić information content (AvgIpc) is 3.29. The van der Waals surface area contributed by atoms with Gasteiger partial charge >= 0.3 is 0 Å². The minimum atomic E-state index is -0.143. The second kappa shape index (κ2) is 9.85. The van der Waals surface area contributed by atoms with Gasteiger partial charge in [-0.15, -0.1) is 0 Å². The Labute approximate surface area is 251 Å². The summed E-state index contributed by atoms with van der Waals surface area (Å²) in [6.45, 7) is 4.64. The largest absolute Gasteiger partial charge is 0.208 e. The summed E-state index contributed by atoms with van der Waals surface area (Å²) in [5, 5.41) is 2.54. The van der Waals surface area contributed by atoms with E-state index in [0.29, 0.717) is 17.5 Å². The molecule has 0 fully saturated rings. The van der Waals surface area contributed by atoms with Crippen LogP contribution in [-0.2, 0) is 5.41 Å². The summed E-state index contributed by atoms with van der Waals surface area (Å²) in [5.74, 6) is 2.01. The van der Waals surface area contributed by atoms with E-state index in [2.05, 4.69) is 129 Å². The summed E-state index contributed by atoms with van der Waals surface area (Å²) < 4.78 is 0. The first-order valence-electron chi connectivity index (χ1n) is 14.7. The number of benzene rings is 6. The van der Waals surface area contributed by atoms with Gasteiger partial charge in [0, 0.05) is 22.1 Å². The third-order valence-electron chi connectivity index (χ3n) is 8.72. The Morgan fingerprint density at radius 1 is 0.372 bits per heavy atom. The smallest absolute Gasteiger partial charge is 0.164 e. The lowest BCUT2D eigenvalue weighted by Crippen LogP contribution is -2.15. The van der Waals surface area contributed by atoms with E-state index >= 15 is 0 Å². The zero-order valence-electron chi connectivity index (χ0n) is 24.1. The van der Waals surface area contributed by atoms with E-state index in [1.807, 2.05) is 24.3 Å². The molecule has 0 radical (unpaired) electrons. The Kier molecular flexibility index (Phi) is 5.80. The molecule has 3 nitrogen and oxygen atoms in total. The van der Waals surface area contributed by atoms with Gasteiger partial charge in [-0.05, 0) is 62.4 Å². The molecule has 7 aromatic rings. The molecule has 43 heavy (non-hydrogen) atoms. The molecule has 0 aliphatic heterocycles. The molecule has 1 heterocycles. The number of fused-ring (bicyclic) bond motifs is 4. The van der Waals surface area contributed by atoms with Crippen LogP contribution in [0.4, 0.5) is 0 Å². The molecule has 6 aromatic carbocycles. The van der Waals surface area contributed by atoms with Crippen molar-refractivity contribution < 1.29 is 0 Å². The number of nitrogens with zero attached hydrogens (tertiary/aromatic N) is 3. The number of hydrogen-bond donors (Lipinski definition) is 0. The lowest BCUT2D eigenvalue weighted by molar-refractivity contribution is 0.661. The van der Waals surface area contributed by atoms with Gasteiger partial charge in [0.1, 0.15) is 0 Å². The van der Waals surface area contributed by atoms with Gasteiger partial charge in [-0.25, -0.2) is 15.0 Å². The van der Waals surface area contributed by atoms with Crippen LogP contribution < -0.4 is 0 Å². The van der Waals surface area contributed by atoms with Crippen LogP contribution >= 0.6 is 0 Å².